The number of carbonyl (C=O) groups is 3. The molecule has 0 spiro atoms. The Morgan fingerprint density at radius 2 is 1.85 bits per heavy atom. The fourth-order valence-electron chi connectivity index (χ4n) is 2.30. The molecule has 0 aliphatic rings. The number of thiophene rings is 1. The minimum atomic E-state index is -0.354. The summed E-state index contributed by atoms with van der Waals surface area (Å²) in [6.45, 7) is 5.60. The van der Waals surface area contributed by atoms with Gasteiger partial charge in [0.15, 0.2) is 0 Å². The maximum Gasteiger partial charge on any atom is 0.265 e. The van der Waals surface area contributed by atoms with Crippen LogP contribution in [0.4, 0.5) is 5.69 Å². The second-order valence-corrected chi connectivity index (χ2v) is 7.92. The molecule has 6 nitrogen and oxygen atoms in total. The second kappa shape index (κ2) is 8.14. The molecule has 2 rings (SSSR count). The predicted octanol–water partition coefficient (Wildman–Crippen LogP) is 2.99. The number of carbonyl (C=O) groups excluding carboxylic acids is 3. The molecule has 1 aromatic carbocycles. The topological polar surface area (TPSA) is 78.5 Å². The highest BCUT2D eigenvalue weighted by molar-refractivity contribution is 7.12. The molecule has 138 valence electrons. The van der Waals surface area contributed by atoms with Crippen molar-refractivity contribution in [2.45, 2.75) is 26.3 Å². The van der Waals surface area contributed by atoms with Crippen LogP contribution in [0.1, 0.15) is 40.8 Å². The van der Waals surface area contributed by atoms with Crippen LogP contribution in [-0.2, 0) is 4.79 Å². The Morgan fingerprint density at radius 1 is 1.12 bits per heavy atom. The molecule has 0 saturated carbocycles. The fraction of sp³-hybridized carbons (Fsp3) is 0.316. The van der Waals surface area contributed by atoms with Crippen LogP contribution in [0, 0.1) is 0 Å². The monoisotopic (exact) mass is 373 g/mol. The molecule has 1 aromatic heterocycles. The maximum absolute atomic E-state index is 12.5. The maximum atomic E-state index is 12.5. The van der Waals surface area contributed by atoms with Gasteiger partial charge in [-0.05, 0) is 50.4 Å². The third kappa shape index (κ3) is 5.70. The van der Waals surface area contributed by atoms with Gasteiger partial charge in [0.1, 0.15) is 0 Å². The summed E-state index contributed by atoms with van der Waals surface area (Å²) in [6.07, 6.45) is 0. The minimum Gasteiger partial charge on any atom is -0.350 e. The first kappa shape index (κ1) is 19.7. The minimum absolute atomic E-state index is 0.0398. The smallest absolute Gasteiger partial charge is 0.265 e. The average molecular weight is 373 g/mol. The standard InChI is InChI=1S/C19H23N3O3S/c1-19(2,3)21-16(23)12-22(4)18(25)13-7-5-8-14(11-13)20-17(24)15-9-6-10-26-15/h5-11H,12H2,1-4H3,(H,20,24)(H,21,23). The Hall–Kier alpha value is -2.67. The van der Waals surface area contributed by atoms with Gasteiger partial charge in [-0.1, -0.05) is 12.1 Å². The number of hydrogen-bond acceptors (Lipinski definition) is 4. The van der Waals surface area contributed by atoms with Crippen LogP contribution >= 0.6 is 11.3 Å². The van der Waals surface area contributed by atoms with Crippen molar-refractivity contribution in [3.63, 3.8) is 0 Å². The quantitative estimate of drug-likeness (QED) is 0.846. The Balaban J connectivity index is 2.03. The zero-order valence-electron chi connectivity index (χ0n) is 15.3. The third-order valence-corrected chi connectivity index (χ3v) is 4.22. The highest BCUT2D eigenvalue weighted by Crippen LogP contribution is 2.16. The molecule has 0 unspecified atom stereocenters. The van der Waals surface area contributed by atoms with Crippen molar-refractivity contribution < 1.29 is 14.4 Å². The lowest BCUT2D eigenvalue weighted by atomic mass is 10.1. The van der Waals surface area contributed by atoms with Crippen LogP contribution in [0.25, 0.3) is 0 Å². The lowest BCUT2D eigenvalue weighted by Crippen LogP contribution is -2.46. The SMILES string of the molecule is CN(CC(=O)NC(C)(C)C)C(=O)c1cccc(NC(=O)c2cccs2)c1. The summed E-state index contributed by atoms with van der Waals surface area (Å²) in [7, 11) is 1.57. The van der Waals surface area contributed by atoms with Crippen molar-refractivity contribution in [1.82, 2.24) is 10.2 Å². The molecule has 0 aliphatic carbocycles. The van der Waals surface area contributed by atoms with Gasteiger partial charge in [-0.2, -0.15) is 0 Å². The summed E-state index contributed by atoms with van der Waals surface area (Å²) in [5, 5.41) is 7.42. The van der Waals surface area contributed by atoms with Gasteiger partial charge in [0.05, 0.1) is 11.4 Å². The molecule has 2 aromatic rings. The van der Waals surface area contributed by atoms with E-state index in [1.54, 1.807) is 43.4 Å². The van der Waals surface area contributed by atoms with E-state index in [0.29, 0.717) is 16.1 Å². The number of hydrogen-bond donors (Lipinski definition) is 2. The van der Waals surface area contributed by atoms with Crippen molar-refractivity contribution >= 4 is 34.7 Å². The van der Waals surface area contributed by atoms with Crippen LogP contribution in [0.3, 0.4) is 0 Å². The molecule has 0 saturated heterocycles. The van der Waals surface area contributed by atoms with Gasteiger partial charge >= 0.3 is 0 Å². The van der Waals surface area contributed by atoms with Crippen molar-refractivity contribution in [2.24, 2.45) is 0 Å². The molecule has 0 fully saturated rings. The van der Waals surface area contributed by atoms with E-state index in [0.717, 1.165) is 0 Å². The van der Waals surface area contributed by atoms with Crippen molar-refractivity contribution in [3.05, 3.63) is 52.2 Å². The van der Waals surface area contributed by atoms with E-state index in [4.69, 9.17) is 0 Å². The first-order chi connectivity index (χ1) is 12.2. The number of nitrogens with zero attached hydrogens (tertiary/aromatic N) is 1. The van der Waals surface area contributed by atoms with Crippen molar-refractivity contribution in [1.29, 1.82) is 0 Å². The Morgan fingerprint density at radius 3 is 2.46 bits per heavy atom. The van der Waals surface area contributed by atoms with Gasteiger partial charge < -0.3 is 15.5 Å². The molecular weight excluding hydrogens is 350 g/mol. The van der Waals surface area contributed by atoms with Crippen LogP contribution in [-0.4, -0.2) is 41.8 Å². The van der Waals surface area contributed by atoms with Gasteiger partial charge in [-0.3, -0.25) is 14.4 Å². The number of amides is 3. The van der Waals surface area contributed by atoms with Gasteiger partial charge in [-0.25, -0.2) is 0 Å². The summed E-state index contributed by atoms with van der Waals surface area (Å²) in [6, 6.07) is 10.2. The van der Waals surface area contributed by atoms with Gasteiger partial charge in [0.2, 0.25) is 5.91 Å². The molecular formula is C19H23N3O3S. The molecule has 0 bridgehead atoms. The van der Waals surface area contributed by atoms with Gasteiger partial charge in [-0.15, -0.1) is 11.3 Å². The van der Waals surface area contributed by atoms with Crippen LogP contribution in [0.5, 0.6) is 0 Å². The highest BCUT2D eigenvalue weighted by atomic mass is 32.1. The summed E-state index contributed by atoms with van der Waals surface area (Å²) < 4.78 is 0. The summed E-state index contributed by atoms with van der Waals surface area (Å²) in [5.74, 6) is -0.737. The Kier molecular flexibility index (Phi) is 6.15. The Labute approximate surface area is 157 Å². The van der Waals surface area contributed by atoms with Crippen LogP contribution in [0.15, 0.2) is 41.8 Å². The van der Waals surface area contributed by atoms with Crippen molar-refractivity contribution in [2.75, 3.05) is 18.9 Å². The number of benzene rings is 1. The summed E-state index contributed by atoms with van der Waals surface area (Å²) >= 11 is 1.35. The number of rotatable bonds is 5. The molecule has 3 amide bonds. The average Bonchev–Trinajstić information content (AvgIpc) is 3.07. The van der Waals surface area contributed by atoms with E-state index in [1.165, 1.54) is 16.2 Å². The fourth-order valence-corrected chi connectivity index (χ4v) is 2.91. The highest BCUT2D eigenvalue weighted by Gasteiger charge is 2.19. The van der Waals surface area contributed by atoms with Crippen LogP contribution < -0.4 is 10.6 Å². The van der Waals surface area contributed by atoms with E-state index in [2.05, 4.69) is 10.6 Å². The van der Waals surface area contributed by atoms with E-state index in [-0.39, 0.29) is 29.8 Å². The second-order valence-electron chi connectivity index (χ2n) is 6.97. The van der Waals surface area contributed by atoms with Crippen LogP contribution in [0.2, 0.25) is 0 Å². The Bertz CT molecular complexity index is 795. The number of likely N-dealkylation sites (N-methyl/N-ethyl adjacent to an activating group) is 1. The van der Waals surface area contributed by atoms with E-state index in [1.807, 2.05) is 26.2 Å². The normalized spacial score (nSPS) is 10.9. The van der Waals surface area contributed by atoms with Crippen molar-refractivity contribution in [3.8, 4) is 0 Å². The molecule has 1 heterocycles. The van der Waals surface area contributed by atoms with Gasteiger partial charge in [0, 0.05) is 23.8 Å². The number of nitrogens with one attached hydrogen (secondary N) is 2. The zero-order valence-corrected chi connectivity index (χ0v) is 16.1. The van der Waals surface area contributed by atoms with E-state index in [9.17, 15) is 14.4 Å². The lowest BCUT2D eigenvalue weighted by Gasteiger charge is -2.23. The zero-order chi connectivity index (χ0) is 19.3. The molecule has 0 radical (unpaired) electrons. The molecule has 2 N–H and O–H groups in total. The van der Waals surface area contributed by atoms with Gasteiger partial charge in [0.25, 0.3) is 11.8 Å². The largest absolute Gasteiger partial charge is 0.350 e. The lowest BCUT2D eigenvalue weighted by molar-refractivity contribution is -0.122. The van der Waals surface area contributed by atoms with E-state index < -0.39 is 0 Å². The molecule has 7 heteroatoms. The predicted molar refractivity (Wildman–Crippen MR) is 104 cm³/mol. The first-order valence-corrected chi connectivity index (χ1v) is 9.05. The third-order valence-electron chi connectivity index (χ3n) is 3.35. The summed E-state index contributed by atoms with van der Waals surface area (Å²) in [4.78, 5) is 38.6. The van der Waals surface area contributed by atoms with E-state index >= 15 is 0 Å². The summed E-state index contributed by atoms with van der Waals surface area (Å²) in [5.41, 5.74) is 0.578. The molecule has 0 aliphatic heterocycles. The molecule has 26 heavy (non-hydrogen) atoms. The molecule has 0 atom stereocenters. The number of anilines is 1. The first-order valence-electron chi connectivity index (χ1n) is 8.17.